The van der Waals surface area contributed by atoms with Crippen molar-refractivity contribution in [2.24, 2.45) is 11.3 Å². The van der Waals surface area contributed by atoms with Crippen LogP contribution in [0.5, 0.6) is 0 Å². The van der Waals surface area contributed by atoms with E-state index in [4.69, 9.17) is 4.74 Å². The number of nitriles is 1. The lowest BCUT2D eigenvalue weighted by atomic mass is 9.58. The molecule has 1 aliphatic carbocycles. The number of Topliss-reactive ketones (excluding diaryl/α,β-unsaturated/α-hetero) is 1. The fourth-order valence-corrected chi connectivity index (χ4v) is 3.96. The van der Waals surface area contributed by atoms with Gasteiger partial charge in [-0.3, -0.25) is 9.59 Å². The molecule has 0 heterocycles. The SMILES string of the molecule is CCOC(=O)[C@@]1(C#N)[C@H](/C=C/c2ccccc2)CC(=O)C[C@H]1c1ccccc1. The van der Waals surface area contributed by atoms with E-state index in [1.54, 1.807) is 6.92 Å². The van der Waals surface area contributed by atoms with Crippen molar-refractivity contribution < 1.29 is 14.3 Å². The number of ketones is 1. The Kier molecular flexibility index (Phi) is 6.06. The molecule has 4 heteroatoms. The van der Waals surface area contributed by atoms with Crippen LogP contribution in [0.2, 0.25) is 0 Å². The number of rotatable bonds is 5. The number of carbonyl (C=O) groups excluding carboxylic acids is 2. The summed E-state index contributed by atoms with van der Waals surface area (Å²) in [5.74, 6) is -1.60. The zero-order valence-corrected chi connectivity index (χ0v) is 15.9. The van der Waals surface area contributed by atoms with Gasteiger partial charge in [0.25, 0.3) is 0 Å². The second-order valence-electron chi connectivity index (χ2n) is 6.99. The van der Waals surface area contributed by atoms with Gasteiger partial charge in [-0.05, 0) is 18.1 Å². The predicted octanol–water partition coefficient (Wildman–Crippen LogP) is 4.54. The van der Waals surface area contributed by atoms with E-state index >= 15 is 0 Å². The molecular formula is C24H23NO3. The van der Waals surface area contributed by atoms with Crippen molar-refractivity contribution in [2.45, 2.75) is 25.7 Å². The van der Waals surface area contributed by atoms with Gasteiger partial charge < -0.3 is 4.74 Å². The summed E-state index contributed by atoms with van der Waals surface area (Å²) in [6.45, 7) is 1.91. The minimum atomic E-state index is -1.43. The zero-order valence-electron chi connectivity index (χ0n) is 15.9. The van der Waals surface area contributed by atoms with Crippen LogP contribution in [0.25, 0.3) is 6.08 Å². The van der Waals surface area contributed by atoms with Gasteiger partial charge in [0, 0.05) is 24.7 Å². The van der Waals surface area contributed by atoms with E-state index in [0.717, 1.165) is 11.1 Å². The molecule has 0 saturated heterocycles. The lowest BCUT2D eigenvalue weighted by molar-refractivity contribution is -0.157. The summed E-state index contributed by atoms with van der Waals surface area (Å²) < 4.78 is 5.34. The summed E-state index contributed by atoms with van der Waals surface area (Å²) in [5.41, 5.74) is 0.326. The van der Waals surface area contributed by atoms with Crippen LogP contribution in [0.1, 0.15) is 36.8 Å². The van der Waals surface area contributed by atoms with E-state index in [1.165, 1.54) is 0 Å². The standard InChI is InChI=1S/C24H23NO3/c1-2-28-23(27)24(17-25)20(14-13-18-9-5-3-6-10-18)15-21(26)16-22(24)19-11-7-4-8-12-19/h3-14,20,22H,2,15-16H2,1H3/b14-13+/t20-,22+,24+/m1/s1. The van der Waals surface area contributed by atoms with Gasteiger partial charge in [-0.25, -0.2) is 0 Å². The maximum Gasteiger partial charge on any atom is 0.327 e. The number of nitrogens with zero attached hydrogens (tertiary/aromatic N) is 1. The Bertz CT molecular complexity index is 898. The van der Waals surface area contributed by atoms with Crippen molar-refractivity contribution in [3.63, 3.8) is 0 Å². The Morgan fingerprint density at radius 1 is 1.14 bits per heavy atom. The molecule has 0 bridgehead atoms. The first-order valence-corrected chi connectivity index (χ1v) is 9.50. The van der Waals surface area contributed by atoms with Crippen LogP contribution in [0, 0.1) is 22.7 Å². The molecule has 1 aliphatic rings. The van der Waals surface area contributed by atoms with Gasteiger partial charge >= 0.3 is 5.97 Å². The Hall–Kier alpha value is -3.19. The molecule has 0 N–H and O–H groups in total. The van der Waals surface area contributed by atoms with Gasteiger partial charge in [0.15, 0.2) is 5.41 Å². The molecule has 1 saturated carbocycles. The summed E-state index contributed by atoms with van der Waals surface area (Å²) >= 11 is 0. The highest BCUT2D eigenvalue weighted by Crippen LogP contribution is 2.51. The molecule has 142 valence electrons. The van der Waals surface area contributed by atoms with Crippen LogP contribution in [0.3, 0.4) is 0 Å². The van der Waals surface area contributed by atoms with E-state index < -0.39 is 23.2 Å². The summed E-state index contributed by atoms with van der Waals surface area (Å²) in [6.07, 6.45) is 4.00. The lowest BCUT2D eigenvalue weighted by Crippen LogP contribution is -2.48. The van der Waals surface area contributed by atoms with Gasteiger partial charge in [-0.2, -0.15) is 5.26 Å². The number of allylic oxidation sites excluding steroid dienone is 1. The molecule has 0 unspecified atom stereocenters. The van der Waals surface area contributed by atoms with Crippen molar-refractivity contribution in [1.29, 1.82) is 5.26 Å². The minimum Gasteiger partial charge on any atom is -0.465 e. The molecule has 3 rings (SSSR count). The van der Waals surface area contributed by atoms with Crippen LogP contribution in [-0.2, 0) is 14.3 Å². The largest absolute Gasteiger partial charge is 0.465 e. The maximum absolute atomic E-state index is 13.1. The number of esters is 1. The number of ether oxygens (including phenoxy) is 1. The van der Waals surface area contributed by atoms with Crippen molar-refractivity contribution in [1.82, 2.24) is 0 Å². The molecular weight excluding hydrogens is 350 g/mol. The van der Waals surface area contributed by atoms with Gasteiger partial charge in [0.1, 0.15) is 5.78 Å². The first-order chi connectivity index (χ1) is 13.6. The van der Waals surface area contributed by atoms with Crippen LogP contribution in [-0.4, -0.2) is 18.4 Å². The van der Waals surface area contributed by atoms with Crippen molar-refractivity contribution in [3.05, 3.63) is 77.9 Å². The van der Waals surface area contributed by atoms with Gasteiger partial charge in [-0.1, -0.05) is 72.8 Å². The second-order valence-corrected chi connectivity index (χ2v) is 6.99. The third-order valence-electron chi connectivity index (χ3n) is 5.33. The highest BCUT2D eigenvalue weighted by atomic mass is 16.5. The molecule has 0 aliphatic heterocycles. The maximum atomic E-state index is 13.1. The van der Waals surface area contributed by atoms with Crippen LogP contribution in [0.4, 0.5) is 0 Å². The molecule has 0 aromatic heterocycles. The van der Waals surface area contributed by atoms with E-state index in [9.17, 15) is 14.9 Å². The van der Waals surface area contributed by atoms with Crippen LogP contribution in [0.15, 0.2) is 66.7 Å². The summed E-state index contributed by atoms with van der Waals surface area (Å²) in [7, 11) is 0. The molecule has 0 radical (unpaired) electrons. The third kappa shape index (κ3) is 3.75. The lowest BCUT2D eigenvalue weighted by Gasteiger charge is -2.41. The molecule has 1 fully saturated rings. The second kappa shape index (κ2) is 8.67. The highest BCUT2D eigenvalue weighted by molar-refractivity contribution is 5.90. The Balaban J connectivity index is 2.09. The van der Waals surface area contributed by atoms with Crippen molar-refractivity contribution >= 4 is 17.8 Å². The Morgan fingerprint density at radius 3 is 2.39 bits per heavy atom. The topological polar surface area (TPSA) is 67.2 Å². The quantitative estimate of drug-likeness (QED) is 0.722. The molecule has 4 nitrogen and oxygen atoms in total. The Morgan fingerprint density at radius 2 is 1.79 bits per heavy atom. The number of hydrogen-bond donors (Lipinski definition) is 0. The minimum absolute atomic E-state index is 0.0479. The smallest absolute Gasteiger partial charge is 0.327 e. The third-order valence-corrected chi connectivity index (χ3v) is 5.33. The molecule has 3 atom stereocenters. The number of hydrogen-bond acceptors (Lipinski definition) is 4. The number of benzene rings is 2. The molecule has 2 aromatic rings. The van der Waals surface area contributed by atoms with E-state index in [2.05, 4.69) is 6.07 Å². The average molecular weight is 373 g/mol. The first-order valence-electron chi connectivity index (χ1n) is 9.50. The molecule has 2 aromatic carbocycles. The van der Waals surface area contributed by atoms with Gasteiger partial charge in [0.05, 0.1) is 12.7 Å². The van der Waals surface area contributed by atoms with Crippen molar-refractivity contribution in [3.8, 4) is 6.07 Å². The van der Waals surface area contributed by atoms with Gasteiger partial charge in [0.2, 0.25) is 0 Å². The van der Waals surface area contributed by atoms with Crippen molar-refractivity contribution in [2.75, 3.05) is 6.61 Å². The first kappa shape index (κ1) is 19.6. The fourth-order valence-electron chi connectivity index (χ4n) is 3.96. The molecule has 28 heavy (non-hydrogen) atoms. The monoisotopic (exact) mass is 373 g/mol. The fraction of sp³-hybridized carbons (Fsp3) is 0.292. The predicted molar refractivity (Wildman–Crippen MR) is 107 cm³/mol. The average Bonchev–Trinajstić information content (AvgIpc) is 2.73. The number of carbonyl (C=O) groups is 2. The van der Waals surface area contributed by atoms with Gasteiger partial charge in [-0.15, -0.1) is 0 Å². The summed E-state index contributed by atoms with van der Waals surface area (Å²) in [4.78, 5) is 25.6. The highest BCUT2D eigenvalue weighted by Gasteiger charge is 2.56. The van der Waals surface area contributed by atoms with E-state index in [1.807, 2.05) is 72.8 Å². The zero-order chi connectivity index (χ0) is 20.0. The molecule has 0 amide bonds. The summed E-state index contributed by atoms with van der Waals surface area (Å²) in [5, 5.41) is 10.2. The Labute approximate surface area is 165 Å². The van der Waals surface area contributed by atoms with E-state index in [0.29, 0.717) is 0 Å². The summed E-state index contributed by atoms with van der Waals surface area (Å²) in [6, 6.07) is 21.2. The van der Waals surface area contributed by atoms with E-state index in [-0.39, 0.29) is 25.2 Å². The molecule has 0 spiro atoms. The van der Waals surface area contributed by atoms with Crippen LogP contribution < -0.4 is 0 Å². The normalized spacial score (nSPS) is 24.6. The van der Waals surface area contributed by atoms with Crippen LogP contribution >= 0.6 is 0 Å².